The van der Waals surface area contributed by atoms with Gasteiger partial charge in [0, 0.05) is 18.8 Å². The van der Waals surface area contributed by atoms with Crippen molar-refractivity contribution < 1.29 is 8.42 Å². The third kappa shape index (κ3) is 4.11. The highest BCUT2D eigenvalue weighted by molar-refractivity contribution is 7.92. The van der Waals surface area contributed by atoms with Crippen LogP contribution < -0.4 is 5.32 Å². The highest BCUT2D eigenvalue weighted by Gasteiger charge is 2.31. The van der Waals surface area contributed by atoms with Crippen molar-refractivity contribution in [2.24, 2.45) is 5.92 Å². The Morgan fingerprint density at radius 2 is 1.93 bits per heavy atom. The van der Waals surface area contributed by atoms with Crippen LogP contribution >= 0.6 is 0 Å². The molecule has 4 heteroatoms. The lowest BCUT2D eigenvalue weighted by Gasteiger charge is -2.25. The molecule has 1 N–H and O–H groups in total. The van der Waals surface area contributed by atoms with Crippen LogP contribution in [-0.4, -0.2) is 32.0 Å². The molecule has 1 aliphatic rings. The molecule has 0 aromatic carbocycles. The summed E-state index contributed by atoms with van der Waals surface area (Å²) in [7, 11) is -2.97. The van der Waals surface area contributed by atoms with Gasteiger partial charge in [0.25, 0.3) is 0 Å². The monoisotopic (exact) mass is 233 g/mol. The zero-order chi connectivity index (χ0) is 11.7. The van der Waals surface area contributed by atoms with Gasteiger partial charge in [0.2, 0.25) is 0 Å². The predicted octanol–water partition coefficient (Wildman–Crippen LogP) is 1.59. The Morgan fingerprint density at radius 1 is 1.40 bits per heavy atom. The maximum absolute atomic E-state index is 11.5. The minimum Gasteiger partial charge on any atom is -0.313 e. The Hall–Kier alpha value is -0.0900. The fourth-order valence-corrected chi connectivity index (χ4v) is 1.83. The zero-order valence-electron chi connectivity index (χ0n) is 10.2. The van der Waals surface area contributed by atoms with Crippen LogP contribution in [0.4, 0.5) is 0 Å². The lowest BCUT2D eigenvalue weighted by Crippen LogP contribution is -2.44. The van der Waals surface area contributed by atoms with Gasteiger partial charge in [-0.25, -0.2) is 8.42 Å². The largest absolute Gasteiger partial charge is 0.313 e. The van der Waals surface area contributed by atoms with Crippen LogP contribution in [0.2, 0.25) is 0 Å². The molecule has 0 aliphatic heterocycles. The molecule has 1 fully saturated rings. The van der Waals surface area contributed by atoms with Gasteiger partial charge in [-0.3, -0.25) is 0 Å². The van der Waals surface area contributed by atoms with Crippen LogP contribution in [0.25, 0.3) is 0 Å². The Balaban J connectivity index is 2.34. The third-order valence-corrected chi connectivity index (χ3v) is 5.42. The maximum atomic E-state index is 11.5. The molecule has 0 bridgehead atoms. The summed E-state index contributed by atoms with van der Waals surface area (Å²) in [5, 5.41) is 3.32. The molecule has 90 valence electrons. The zero-order valence-corrected chi connectivity index (χ0v) is 11.0. The first kappa shape index (κ1) is 13.0. The van der Waals surface area contributed by atoms with Crippen molar-refractivity contribution in [3.05, 3.63) is 0 Å². The van der Waals surface area contributed by atoms with Gasteiger partial charge in [0.1, 0.15) is 0 Å². The lowest BCUT2D eigenvalue weighted by atomic mass is 10.1. The van der Waals surface area contributed by atoms with E-state index in [2.05, 4.69) is 12.2 Å². The van der Waals surface area contributed by atoms with E-state index in [9.17, 15) is 8.42 Å². The first-order chi connectivity index (χ1) is 6.72. The van der Waals surface area contributed by atoms with Gasteiger partial charge in [-0.15, -0.1) is 0 Å². The van der Waals surface area contributed by atoms with E-state index in [1.165, 1.54) is 25.5 Å². The van der Waals surface area contributed by atoms with Gasteiger partial charge < -0.3 is 5.32 Å². The van der Waals surface area contributed by atoms with E-state index in [0.29, 0.717) is 12.6 Å². The maximum Gasteiger partial charge on any atom is 0.153 e. The number of hydrogen-bond acceptors (Lipinski definition) is 3. The lowest BCUT2D eigenvalue weighted by molar-refractivity contribution is 0.449. The molecular formula is C11H23NO2S. The van der Waals surface area contributed by atoms with Gasteiger partial charge in [0.05, 0.1) is 4.75 Å². The number of rotatable bonds is 6. The normalized spacial score (nSPS) is 20.3. The molecule has 0 aromatic rings. The Bertz CT molecular complexity index is 305. The predicted molar refractivity (Wildman–Crippen MR) is 63.7 cm³/mol. The highest BCUT2D eigenvalue weighted by Crippen LogP contribution is 2.33. The summed E-state index contributed by atoms with van der Waals surface area (Å²) in [5.74, 6) is 0.883. The standard InChI is InChI=1S/C11H23NO2S/c1-9(7-10-5-6-10)12-8-11(2,3)15(4,13)14/h9-10,12H,5-8H2,1-4H3. The summed E-state index contributed by atoms with van der Waals surface area (Å²) < 4.78 is 22.3. The van der Waals surface area contributed by atoms with E-state index < -0.39 is 14.6 Å². The molecule has 3 nitrogen and oxygen atoms in total. The summed E-state index contributed by atoms with van der Waals surface area (Å²) in [6.07, 6.45) is 5.18. The smallest absolute Gasteiger partial charge is 0.153 e. The summed E-state index contributed by atoms with van der Waals surface area (Å²) in [5.41, 5.74) is 0. The molecule has 1 unspecified atom stereocenters. The van der Waals surface area contributed by atoms with Crippen molar-refractivity contribution in [2.45, 2.75) is 50.8 Å². The third-order valence-electron chi connectivity index (χ3n) is 3.26. The van der Waals surface area contributed by atoms with Crippen LogP contribution in [0.5, 0.6) is 0 Å². The van der Waals surface area contributed by atoms with Crippen LogP contribution in [0, 0.1) is 5.92 Å². The molecule has 15 heavy (non-hydrogen) atoms. The van der Waals surface area contributed by atoms with Gasteiger partial charge in [-0.2, -0.15) is 0 Å². The average molecular weight is 233 g/mol. The highest BCUT2D eigenvalue weighted by atomic mass is 32.2. The van der Waals surface area contributed by atoms with Crippen LogP contribution in [0.15, 0.2) is 0 Å². The number of hydrogen-bond donors (Lipinski definition) is 1. The van der Waals surface area contributed by atoms with Gasteiger partial charge in [0.15, 0.2) is 9.84 Å². The molecule has 0 radical (unpaired) electrons. The Morgan fingerprint density at radius 3 is 2.33 bits per heavy atom. The van der Waals surface area contributed by atoms with Crippen molar-refractivity contribution in [2.75, 3.05) is 12.8 Å². The molecule has 0 amide bonds. The summed E-state index contributed by atoms with van der Waals surface area (Å²) in [6, 6.07) is 0.429. The van der Waals surface area contributed by atoms with Crippen molar-refractivity contribution in [1.29, 1.82) is 0 Å². The second-order valence-corrected chi connectivity index (χ2v) is 8.14. The molecule has 0 saturated heterocycles. The number of sulfone groups is 1. The van der Waals surface area contributed by atoms with Gasteiger partial charge in [-0.05, 0) is 33.1 Å². The quantitative estimate of drug-likeness (QED) is 0.758. The minimum absolute atomic E-state index is 0.429. The van der Waals surface area contributed by atoms with E-state index >= 15 is 0 Å². The van der Waals surface area contributed by atoms with Gasteiger partial charge >= 0.3 is 0 Å². The minimum atomic E-state index is -2.97. The van der Waals surface area contributed by atoms with E-state index in [-0.39, 0.29) is 0 Å². The van der Waals surface area contributed by atoms with Gasteiger partial charge in [-0.1, -0.05) is 12.8 Å². The summed E-state index contributed by atoms with van der Waals surface area (Å²) in [6.45, 7) is 6.23. The van der Waals surface area contributed by atoms with Crippen LogP contribution in [0.3, 0.4) is 0 Å². The molecule has 1 rings (SSSR count). The molecule has 1 atom stereocenters. The summed E-state index contributed by atoms with van der Waals surface area (Å²) in [4.78, 5) is 0. The SMILES string of the molecule is CC(CC1CC1)NCC(C)(C)S(C)(=O)=O. The first-order valence-corrected chi connectivity index (χ1v) is 7.54. The molecule has 1 aliphatic carbocycles. The van der Waals surface area contributed by atoms with E-state index in [0.717, 1.165) is 5.92 Å². The average Bonchev–Trinajstić information content (AvgIpc) is 2.83. The fraction of sp³-hybridized carbons (Fsp3) is 1.00. The van der Waals surface area contributed by atoms with Crippen LogP contribution in [-0.2, 0) is 9.84 Å². The van der Waals surface area contributed by atoms with Crippen molar-refractivity contribution in [3.8, 4) is 0 Å². The van der Waals surface area contributed by atoms with E-state index in [4.69, 9.17) is 0 Å². The number of nitrogens with one attached hydrogen (secondary N) is 1. The summed E-state index contributed by atoms with van der Waals surface area (Å²) >= 11 is 0. The topological polar surface area (TPSA) is 46.2 Å². The second-order valence-electron chi connectivity index (χ2n) is 5.49. The van der Waals surface area contributed by atoms with E-state index in [1.807, 2.05) is 0 Å². The van der Waals surface area contributed by atoms with E-state index in [1.54, 1.807) is 13.8 Å². The van der Waals surface area contributed by atoms with Crippen molar-refractivity contribution >= 4 is 9.84 Å². The van der Waals surface area contributed by atoms with Crippen molar-refractivity contribution in [3.63, 3.8) is 0 Å². The Kier molecular flexibility index (Phi) is 3.82. The fourth-order valence-electron chi connectivity index (χ4n) is 1.49. The van der Waals surface area contributed by atoms with Crippen LogP contribution in [0.1, 0.15) is 40.0 Å². The molecule has 0 aromatic heterocycles. The molecular weight excluding hydrogens is 210 g/mol. The first-order valence-electron chi connectivity index (χ1n) is 5.65. The molecule has 1 saturated carbocycles. The second kappa shape index (κ2) is 4.42. The van der Waals surface area contributed by atoms with Crippen molar-refractivity contribution in [1.82, 2.24) is 5.32 Å². The molecule has 0 heterocycles. The Labute approximate surface area is 93.6 Å². The molecule has 0 spiro atoms.